The van der Waals surface area contributed by atoms with Crippen molar-refractivity contribution in [1.82, 2.24) is 0 Å². The largest absolute Gasteiger partial charge is 0.417 e. The van der Waals surface area contributed by atoms with E-state index in [1.54, 1.807) is 0 Å². The van der Waals surface area contributed by atoms with Crippen LogP contribution in [0, 0.1) is 46.3 Å². The van der Waals surface area contributed by atoms with Crippen LogP contribution < -0.4 is 0 Å². The first-order valence-corrected chi connectivity index (χ1v) is 14.4. The normalized spacial score (nSPS) is 37.0. The van der Waals surface area contributed by atoms with E-state index in [2.05, 4.69) is 27.7 Å². The molecule has 3 aliphatic carbocycles. The van der Waals surface area contributed by atoms with E-state index >= 15 is 0 Å². The lowest BCUT2D eigenvalue weighted by Crippen LogP contribution is -2.54. The number of aliphatic hydroxyl groups is 2. The Morgan fingerprint density at radius 3 is 2.30 bits per heavy atom. The zero-order valence-corrected chi connectivity index (χ0v) is 23.3. The van der Waals surface area contributed by atoms with E-state index in [9.17, 15) is 23.4 Å². The molecular formula is C32H47F3O2. The summed E-state index contributed by atoms with van der Waals surface area (Å²) in [6.07, 6.45) is 4.41. The minimum Gasteiger partial charge on any atom is -0.389 e. The summed E-state index contributed by atoms with van der Waals surface area (Å²) >= 11 is 0. The number of hydrogen-bond donors (Lipinski definition) is 2. The lowest BCUT2D eigenvalue weighted by Gasteiger charge is -2.59. The van der Waals surface area contributed by atoms with Crippen molar-refractivity contribution in [2.45, 2.75) is 104 Å². The number of alkyl halides is 3. The van der Waals surface area contributed by atoms with Gasteiger partial charge in [0.2, 0.25) is 0 Å². The predicted octanol–water partition coefficient (Wildman–Crippen LogP) is 8.29. The second-order valence-corrected chi connectivity index (χ2v) is 13.4. The molecule has 0 aromatic heterocycles. The van der Waals surface area contributed by atoms with Gasteiger partial charge in [0.1, 0.15) is 0 Å². The van der Waals surface area contributed by atoms with Crippen LogP contribution in [0.15, 0.2) is 36.4 Å². The van der Waals surface area contributed by atoms with Crippen molar-refractivity contribution >= 4 is 6.08 Å². The maximum absolute atomic E-state index is 13.7. The Kier molecular flexibility index (Phi) is 8.01. The van der Waals surface area contributed by atoms with Gasteiger partial charge in [0.15, 0.2) is 5.60 Å². The van der Waals surface area contributed by atoms with Crippen LogP contribution in [-0.2, 0) is 0 Å². The van der Waals surface area contributed by atoms with Gasteiger partial charge >= 0.3 is 6.18 Å². The molecule has 3 aliphatic rings. The van der Waals surface area contributed by atoms with Crippen LogP contribution in [0.2, 0.25) is 0 Å². The highest BCUT2D eigenvalue weighted by molar-refractivity contribution is 5.49. The molecule has 1 aromatic rings. The molecule has 0 heterocycles. The van der Waals surface area contributed by atoms with Gasteiger partial charge in [0, 0.05) is 0 Å². The first-order valence-electron chi connectivity index (χ1n) is 14.4. The van der Waals surface area contributed by atoms with Gasteiger partial charge in [-0.15, -0.1) is 0 Å². The highest BCUT2D eigenvalue weighted by Crippen LogP contribution is 2.67. The zero-order valence-electron chi connectivity index (χ0n) is 23.3. The zero-order chi connectivity index (χ0) is 27.2. The van der Waals surface area contributed by atoms with Crippen molar-refractivity contribution in [3.8, 4) is 0 Å². The lowest BCUT2D eigenvalue weighted by atomic mass is 9.46. The fourth-order valence-corrected chi connectivity index (χ4v) is 9.01. The summed E-state index contributed by atoms with van der Waals surface area (Å²) in [4.78, 5) is 0. The number of fused-ring (bicyclic) bond motifs is 3. The van der Waals surface area contributed by atoms with Crippen LogP contribution in [0.4, 0.5) is 13.2 Å². The van der Waals surface area contributed by atoms with Crippen molar-refractivity contribution in [2.24, 2.45) is 46.3 Å². The van der Waals surface area contributed by atoms with Gasteiger partial charge in [-0.05, 0) is 103 Å². The van der Waals surface area contributed by atoms with E-state index in [4.69, 9.17) is 0 Å². The van der Waals surface area contributed by atoms with Crippen LogP contribution in [0.5, 0.6) is 0 Å². The van der Waals surface area contributed by atoms with E-state index in [-0.39, 0.29) is 35.5 Å². The average Bonchev–Trinajstić information content (AvgIpc) is 3.20. The van der Waals surface area contributed by atoms with Gasteiger partial charge < -0.3 is 10.2 Å². The Morgan fingerprint density at radius 1 is 1.00 bits per heavy atom. The van der Waals surface area contributed by atoms with Gasteiger partial charge in [-0.3, -0.25) is 0 Å². The topological polar surface area (TPSA) is 40.5 Å². The van der Waals surface area contributed by atoms with Gasteiger partial charge in [-0.25, -0.2) is 0 Å². The Morgan fingerprint density at radius 2 is 1.68 bits per heavy atom. The van der Waals surface area contributed by atoms with Crippen LogP contribution in [0.1, 0.15) is 91.5 Å². The van der Waals surface area contributed by atoms with Gasteiger partial charge in [0.25, 0.3) is 0 Å². The first-order chi connectivity index (χ1) is 17.2. The Hall–Kier alpha value is -1.33. The standard InChI is InChI=1S/C32H47F3O2/c1-6-31(37,32(33,34)35)20-23-13-14-24-26(29(23,3)4)18-19-30(5)25(15-16-27(24)30)21(2)28(36)17-12-22-10-8-7-9-11-22/h7-12,17,21,23-28,36-37H,6,13-16,18-20H2,1-5H3/b17-12+/t21-,23-,24+,25+,26-,27-,28-,30+,31-/m0/s1. The fraction of sp³-hybridized carbons (Fsp3) is 0.750. The number of aliphatic hydroxyl groups excluding tert-OH is 1. The summed E-state index contributed by atoms with van der Waals surface area (Å²) in [5, 5.41) is 21.6. The third-order valence-corrected chi connectivity index (χ3v) is 11.5. The summed E-state index contributed by atoms with van der Waals surface area (Å²) in [6.45, 7) is 10.4. The van der Waals surface area contributed by atoms with Crippen molar-refractivity contribution in [3.05, 3.63) is 42.0 Å². The summed E-state index contributed by atoms with van der Waals surface area (Å²) in [5.74, 6) is 1.91. The van der Waals surface area contributed by atoms with Crippen LogP contribution in [-0.4, -0.2) is 28.1 Å². The quantitative estimate of drug-likeness (QED) is 0.380. The molecule has 0 saturated heterocycles. The Balaban J connectivity index is 1.48. The maximum Gasteiger partial charge on any atom is 0.417 e. The molecule has 0 aliphatic heterocycles. The second kappa shape index (κ2) is 10.3. The third-order valence-electron chi connectivity index (χ3n) is 11.5. The molecule has 0 amide bonds. The molecule has 4 rings (SSSR count). The van der Waals surface area contributed by atoms with E-state index < -0.39 is 17.9 Å². The molecule has 0 radical (unpaired) electrons. The van der Waals surface area contributed by atoms with Crippen molar-refractivity contribution < 1.29 is 23.4 Å². The lowest BCUT2D eigenvalue weighted by molar-refractivity contribution is -0.272. The smallest absolute Gasteiger partial charge is 0.389 e. The molecule has 9 atom stereocenters. The molecule has 0 unspecified atom stereocenters. The summed E-state index contributed by atoms with van der Waals surface area (Å²) in [5.41, 5.74) is -1.59. The monoisotopic (exact) mass is 520 g/mol. The fourth-order valence-electron chi connectivity index (χ4n) is 9.01. The van der Waals surface area contributed by atoms with Gasteiger partial charge in [0.05, 0.1) is 6.10 Å². The van der Waals surface area contributed by atoms with E-state index in [1.165, 1.54) is 6.92 Å². The number of hydrogen-bond acceptors (Lipinski definition) is 2. The molecular weight excluding hydrogens is 473 g/mol. The van der Waals surface area contributed by atoms with Gasteiger partial charge in [-0.1, -0.05) is 77.1 Å². The minimum absolute atomic E-state index is 0.134. The SMILES string of the molecule is CC[C@](O)(C[C@@H]1CC[C@@H]2[C@H](CC[C@]3(C)[C@@H]([C@H](C)[C@@H](O)/C=C/c4ccccc4)CC[C@@H]23)C1(C)C)C(F)(F)F. The van der Waals surface area contributed by atoms with E-state index in [1.807, 2.05) is 42.5 Å². The molecule has 0 spiro atoms. The second-order valence-electron chi connectivity index (χ2n) is 13.4. The van der Waals surface area contributed by atoms with Crippen molar-refractivity contribution in [3.63, 3.8) is 0 Å². The number of halogens is 3. The van der Waals surface area contributed by atoms with Crippen LogP contribution >= 0.6 is 0 Å². The summed E-state index contributed by atoms with van der Waals surface area (Å²) in [6, 6.07) is 10.1. The molecule has 1 aromatic carbocycles. The average molecular weight is 521 g/mol. The molecule has 5 heteroatoms. The highest BCUT2D eigenvalue weighted by Gasteiger charge is 2.61. The third kappa shape index (κ3) is 5.16. The van der Waals surface area contributed by atoms with Crippen molar-refractivity contribution in [2.75, 3.05) is 0 Å². The minimum atomic E-state index is -4.59. The van der Waals surface area contributed by atoms with E-state index in [0.717, 1.165) is 44.1 Å². The van der Waals surface area contributed by atoms with Gasteiger partial charge in [-0.2, -0.15) is 13.2 Å². The number of benzene rings is 1. The molecule has 3 fully saturated rings. The Bertz CT molecular complexity index is 941. The summed E-state index contributed by atoms with van der Waals surface area (Å²) in [7, 11) is 0. The molecule has 3 saturated carbocycles. The molecule has 0 bridgehead atoms. The molecule has 37 heavy (non-hydrogen) atoms. The maximum atomic E-state index is 13.7. The predicted molar refractivity (Wildman–Crippen MR) is 144 cm³/mol. The van der Waals surface area contributed by atoms with Crippen molar-refractivity contribution in [1.29, 1.82) is 0 Å². The van der Waals surface area contributed by atoms with Crippen LogP contribution in [0.25, 0.3) is 6.08 Å². The summed E-state index contributed by atoms with van der Waals surface area (Å²) < 4.78 is 41.2. The van der Waals surface area contributed by atoms with E-state index in [0.29, 0.717) is 23.7 Å². The molecule has 2 N–H and O–H groups in total. The first kappa shape index (κ1) is 28.7. The Labute approximate surface area is 221 Å². The number of rotatable bonds is 7. The van der Waals surface area contributed by atoms with Crippen LogP contribution in [0.3, 0.4) is 0 Å². The highest BCUT2D eigenvalue weighted by atomic mass is 19.4. The molecule has 2 nitrogen and oxygen atoms in total. The molecule has 208 valence electrons.